The highest BCUT2D eigenvalue weighted by Gasteiger charge is 2.39. The van der Waals surface area contributed by atoms with E-state index in [2.05, 4.69) is 62.1 Å². The van der Waals surface area contributed by atoms with Gasteiger partial charge in [0.15, 0.2) is 15.7 Å². The van der Waals surface area contributed by atoms with Crippen LogP contribution in [0.3, 0.4) is 0 Å². The van der Waals surface area contributed by atoms with Crippen molar-refractivity contribution in [3.05, 3.63) is 106 Å². The Balaban J connectivity index is 0.911. The first kappa shape index (κ1) is 50.2. The predicted molar refractivity (Wildman–Crippen MR) is 269 cm³/mol. The van der Waals surface area contributed by atoms with Crippen molar-refractivity contribution in [3.63, 3.8) is 0 Å². The van der Waals surface area contributed by atoms with Crippen LogP contribution in [0.1, 0.15) is 67.8 Å². The molecule has 72 heavy (non-hydrogen) atoms. The number of rotatable bonds is 12. The summed E-state index contributed by atoms with van der Waals surface area (Å²) in [6.45, 7) is 15.2. The zero-order valence-electron chi connectivity index (χ0n) is 41.1. The molecule has 3 aliphatic heterocycles. The number of aryl methyl sites for hydroxylation is 1. The molecule has 0 radical (unpaired) electrons. The molecule has 2 saturated heterocycles. The van der Waals surface area contributed by atoms with Crippen LogP contribution in [0.4, 0.5) is 47.6 Å². The first-order valence-corrected chi connectivity index (χ1v) is 25.8. The average molecular weight is 1010 g/mol. The number of ether oxygens (including phenoxy) is 1. The summed E-state index contributed by atoms with van der Waals surface area (Å²) in [6, 6.07) is 13.0. The largest absolute Gasteiger partial charge is 0.573 e. The molecule has 4 aliphatic rings. The van der Waals surface area contributed by atoms with E-state index in [0.29, 0.717) is 97.5 Å². The number of carbonyl (C=O) groups excluding carboxylic acids is 2. The van der Waals surface area contributed by atoms with Gasteiger partial charge in [0.05, 0.1) is 23.7 Å². The number of halogens is 3. The average Bonchev–Trinajstić information content (AvgIpc) is 3.81. The first-order chi connectivity index (χ1) is 34.0. The molecule has 0 spiro atoms. The predicted octanol–water partition coefficient (Wildman–Crippen LogP) is 6.66. The van der Waals surface area contributed by atoms with E-state index < -0.39 is 44.9 Å². The number of fused-ring (bicyclic) bond motifs is 3. The van der Waals surface area contributed by atoms with Gasteiger partial charge in [-0.3, -0.25) is 24.2 Å². The molecule has 6 heterocycles. The van der Waals surface area contributed by atoms with Crippen molar-refractivity contribution in [2.24, 2.45) is 12.5 Å². The number of piperazine rings is 1. The molecule has 5 aromatic rings. The van der Waals surface area contributed by atoms with Crippen LogP contribution in [-0.4, -0.2) is 113 Å². The van der Waals surface area contributed by atoms with E-state index in [1.165, 1.54) is 28.0 Å². The van der Waals surface area contributed by atoms with Crippen molar-refractivity contribution in [3.8, 4) is 17.0 Å². The van der Waals surface area contributed by atoms with E-state index in [9.17, 15) is 41.1 Å². The molecular weight excluding hydrogens is 954 g/mol. The van der Waals surface area contributed by atoms with Gasteiger partial charge in [-0.15, -0.1) is 13.2 Å². The minimum atomic E-state index is -5.07. The summed E-state index contributed by atoms with van der Waals surface area (Å²) in [7, 11) is -2.39. The third kappa shape index (κ3) is 9.93. The summed E-state index contributed by atoms with van der Waals surface area (Å²) in [4.78, 5) is 57.6. The molecule has 17 nitrogen and oxygen atoms in total. The second-order valence-electron chi connectivity index (χ2n) is 20.1. The number of alkyl halides is 3. The fraction of sp³-hybridized carbons (Fsp3) is 0.431. The number of anilines is 6. The molecule has 2 amide bonds. The van der Waals surface area contributed by atoms with Gasteiger partial charge in [-0.25, -0.2) is 18.4 Å². The third-order valence-electron chi connectivity index (χ3n) is 14.3. The van der Waals surface area contributed by atoms with Crippen molar-refractivity contribution < 1.29 is 41.0 Å². The number of aromatic nitrogens is 4. The second kappa shape index (κ2) is 19.0. The molecule has 3 atom stereocenters. The van der Waals surface area contributed by atoms with E-state index in [4.69, 9.17) is 4.98 Å². The van der Waals surface area contributed by atoms with Crippen LogP contribution in [-0.2, 0) is 47.7 Å². The normalized spacial score (nSPS) is 20.3. The van der Waals surface area contributed by atoms with E-state index in [1.807, 2.05) is 24.0 Å². The number of hydrogen-bond donors (Lipinski definition) is 3. The van der Waals surface area contributed by atoms with E-state index in [0.717, 1.165) is 36.9 Å². The zero-order chi connectivity index (χ0) is 51.6. The minimum absolute atomic E-state index is 0.0152. The lowest BCUT2D eigenvalue weighted by atomic mass is 9.90. The molecule has 2 fully saturated rings. The first-order valence-electron chi connectivity index (χ1n) is 23.9. The number of aliphatic hydroxyl groups is 1. The monoisotopic (exact) mass is 1010 g/mol. The highest BCUT2D eigenvalue weighted by atomic mass is 32.2. The number of hydrogen-bond acceptors (Lipinski definition) is 13. The highest BCUT2D eigenvalue weighted by molar-refractivity contribution is 7.90. The SMILES string of the molecule is C=CC(=O)Nc1cc(Nc2nc(-c3ccnc(N4CCn5c(cc6c5CC(C)(C)C6)C4=O)c3CO)cn(C)c2=O)ccc1N1CCN(C2CCN(c3ccc(S(C)(=O)=O)c(OC(F)(F)F)c3)[C@@H](C)C2)C[C@@H]1C. The Hall–Kier alpha value is -6.71. The number of piperidine rings is 1. The maximum atomic E-state index is 14.1. The summed E-state index contributed by atoms with van der Waals surface area (Å²) < 4.78 is 72.1. The maximum Gasteiger partial charge on any atom is 0.573 e. The molecule has 3 N–H and O–H groups in total. The molecule has 1 aliphatic carbocycles. The lowest BCUT2D eigenvalue weighted by Crippen LogP contribution is -2.58. The van der Waals surface area contributed by atoms with E-state index >= 15 is 0 Å². The Labute approximate surface area is 415 Å². The Morgan fingerprint density at radius 2 is 1.78 bits per heavy atom. The zero-order valence-corrected chi connectivity index (χ0v) is 41.9. The molecule has 382 valence electrons. The Morgan fingerprint density at radius 1 is 1.00 bits per heavy atom. The van der Waals surface area contributed by atoms with Crippen molar-refractivity contribution >= 4 is 56.0 Å². The maximum absolute atomic E-state index is 14.1. The number of benzene rings is 2. The van der Waals surface area contributed by atoms with Gasteiger partial charge in [0.2, 0.25) is 5.91 Å². The number of sulfone groups is 1. The fourth-order valence-corrected chi connectivity index (χ4v) is 11.8. The summed E-state index contributed by atoms with van der Waals surface area (Å²) in [5.74, 6) is -1.08. The standard InChI is InChI=1S/C51H59F3N10O7S/c1-8-45(66)57-38-23-33(9-11-40(38)62-18-17-60(27-31(62)3)34-14-16-61(30(2)21-34)35-10-12-44(72(7,69)70)43(24-35)71-51(52,53)54)56-46-49(68)59(6)28-39(58-46)36-13-15-55-47(37(36)29-65)64-20-19-63-41(48(64)67)22-32-25-50(4,5)26-42(32)63/h8-13,15,22-24,28,30-31,34,65H,1,14,16-21,25-27,29H2,2-7H3,(H,56,58)(H,57,66)/t30-,31-,34?/m0/s1. The van der Waals surface area contributed by atoms with Crippen LogP contribution in [0.2, 0.25) is 0 Å². The fourth-order valence-electron chi connectivity index (χ4n) is 11.0. The van der Waals surface area contributed by atoms with Crippen LogP contribution >= 0.6 is 0 Å². The molecule has 3 aromatic heterocycles. The van der Waals surface area contributed by atoms with Gasteiger partial charge < -0.3 is 39.4 Å². The van der Waals surface area contributed by atoms with E-state index in [1.54, 1.807) is 42.5 Å². The molecular formula is C51H59F3N10O7S. The quantitative estimate of drug-likeness (QED) is 0.113. The van der Waals surface area contributed by atoms with Gasteiger partial charge >= 0.3 is 6.36 Å². The smallest absolute Gasteiger partial charge is 0.404 e. The molecule has 2 aromatic carbocycles. The van der Waals surface area contributed by atoms with Gasteiger partial charge in [0.25, 0.3) is 11.5 Å². The molecule has 0 bridgehead atoms. The second-order valence-corrected chi connectivity index (χ2v) is 22.1. The third-order valence-corrected chi connectivity index (χ3v) is 15.5. The summed E-state index contributed by atoms with van der Waals surface area (Å²) in [5.41, 5.74) is 6.08. The van der Waals surface area contributed by atoms with Gasteiger partial charge in [0, 0.05) is 117 Å². The molecule has 1 unspecified atom stereocenters. The van der Waals surface area contributed by atoms with Crippen LogP contribution in [0.5, 0.6) is 5.75 Å². The topological polar surface area (TPSA) is 187 Å². The molecule has 0 saturated carbocycles. The number of amides is 2. The van der Waals surface area contributed by atoms with Crippen molar-refractivity contribution in [1.29, 1.82) is 0 Å². The van der Waals surface area contributed by atoms with Crippen LogP contribution in [0.15, 0.2) is 83.3 Å². The lowest BCUT2D eigenvalue weighted by Gasteiger charge is -2.48. The van der Waals surface area contributed by atoms with Crippen molar-refractivity contribution in [2.45, 2.75) is 95.9 Å². The van der Waals surface area contributed by atoms with Crippen LogP contribution in [0.25, 0.3) is 11.3 Å². The Bertz CT molecular complexity index is 3150. The summed E-state index contributed by atoms with van der Waals surface area (Å²) >= 11 is 0. The summed E-state index contributed by atoms with van der Waals surface area (Å²) in [5, 5.41) is 16.9. The number of nitrogens with one attached hydrogen (secondary N) is 2. The Kier molecular flexibility index (Phi) is 13.3. The van der Waals surface area contributed by atoms with Gasteiger partial charge in [0.1, 0.15) is 22.2 Å². The summed E-state index contributed by atoms with van der Waals surface area (Å²) in [6.07, 6.45) is 3.30. The van der Waals surface area contributed by atoms with Crippen molar-refractivity contribution in [1.82, 2.24) is 24.0 Å². The minimum Gasteiger partial charge on any atom is -0.404 e. The number of carbonyl (C=O) groups is 2. The Morgan fingerprint density at radius 3 is 2.47 bits per heavy atom. The van der Waals surface area contributed by atoms with Crippen LogP contribution in [0, 0.1) is 5.41 Å². The van der Waals surface area contributed by atoms with Crippen molar-refractivity contribution in [2.75, 3.05) is 64.3 Å². The lowest BCUT2D eigenvalue weighted by molar-refractivity contribution is -0.275. The molecule has 9 rings (SSSR count). The number of nitrogens with zero attached hydrogens (tertiary/aromatic N) is 8. The van der Waals surface area contributed by atoms with Gasteiger partial charge in [-0.1, -0.05) is 20.4 Å². The van der Waals surface area contributed by atoms with Gasteiger partial charge in [-0.05, 0) is 99.0 Å². The van der Waals surface area contributed by atoms with Gasteiger partial charge in [-0.2, -0.15) is 0 Å². The molecule has 21 heteroatoms. The number of pyridine rings is 1. The van der Waals surface area contributed by atoms with Crippen LogP contribution < -0.4 is 35.6 Å². The number of aliphatic hydroxyl groups excluding tert-OH is 1. The highest BCUT2D eigenvalue weighted by Crippen LogP contribution is 2.41. The van der Waals surface area contributed by atoms with E-state index in [-0.39, 0.29) is 35.3 Å².